The molecule has 0 aliphatic rings. The lowest BCUT2D eigenvalue weighted by molar-refractivity contribution is -0.118. The Bertz CT molecular complexity index is 727. The average Bonchev–Trinajstić information content (AvgIpc) is 2.51. The Morgan fingerprint density at radius 3 is 2.82 bits per heavy atom. The number of nitrogens with zero attached hydrogens (tertiary/aromatic N) is 2. The van der Waals surface area contributed by atoms with E-state index < -0.39 is 0 Å². The van der Waals surface area contributed by atoms with Gasteiger partial charge in [-0.1, -0.05) is 30.8 Å². The van der Waals surface area contributed by atoms with E-state index in [1.807, 2.05) is 31.2 Å². The molecule has 1 aromatic carbocycles. The fraction of sp³-hybridized carbons (Fsp3) is 0.438. The molecule has 2 aromatic rings. The number of para-hydroxylation sites is 1. The minimum absolute atomic E-state index is 0.00183. The molecule has 1 amide bonds. The van der Waals surface area contributed by atoms with Crippen LogP contribution in [-0.4, -0.2) is 27.8 Å². The number of hydrogen-bond acceptors (Lipinski definition) is 4. The second-order valence-electron chi connectivity index (χ2n) is 5.18. The highest BCUT2D eigenvalue weighted by molar-refractivity contribution is 7.99. The SMILES string of the molecule is CC[C@@H](C)n1c(SCCNC(C)=O)nc2ccccc2c1=O. The molecule has 1 heterocycles. The van der Waals surface area contributed by atoms with Gasteiger partial charge in [0.25, 0.3) is 5.56 Å². The minimum Gasteiger partial charge on any atom is -0.356 e. The van der Waals surface area contributed by atoms with E-state index in [0.717, 1.165) is 6.42 Å². The molecule has 0 saturated carbocycles. The molecule has 1 aromatic heterocycles. The van der Waals surface area contributed by atoms with Crippen molar-refractivity contribution in [3.63, 3.8) is 0 Å². The lowest BCUT2D eigenvalue weighted by Crippen LogP contribution is -2.27. The molecule has 2 rings (SSSR count). The van der Waals surface area contributed by atoms with Crippen molar-refractivity contribution in [1.29, 1.82) is 0 Å². The Morgan fingerprint density at radius 2 is 2.14 bits per heavy atom. The molecule has 0 radical (unpaired) electrons. The topological polar surface area (TPSA) is 64.0 Å². The largest absolute Gasteiger partial charge is 0.356 e. The van der Waals surface area contributed by atoms with Gasteiger partial charge < -0.3 is 5.32 Å². The molecule has 5 nitrogen and oxygen atoms in total. The standard InChI is InChI=1S/C16H21N3O2S/c1-4-11(2)19-15(21)13-7-5-6-8-14(13)18-16(19)22-10-9-17-12(3)20/h5-8,11H,4,9-10H2,1-3H3,(H,17,20)/t11-/m1/s1. The van der Waals surface area contributed by atoms with E-state index >= 15 is 0 Å². The van der Waals surface area contributed by atoms with Gasteiger partial charge in [0, 0.05) is 25.3 Å². The highest BCUT2D eigenvalue weighted by Gasteiger charge is 2.15. The summed E-state index contributed by atoms with van der Waals surface area (Å²) in [5.41, 5.74) is 0.719. The number of rotatable bonds is 6. The van der Waals surface area contributed by atoms with Crippen molar-refractivity contribution in [3.8, 4) is 0 Å². The molecule has 22 heavy (non-hydrogen) atoms. The van der Waals surface area contributed by atoms with E-state index in [1.165, 1.54) is 18.7 Å². The molecule has 0 bridgehead atoms. The van der Waals surface area contributed by atoms with Gasteiger partial charge in [-0.25, -0.2) is 4.98 Å². The molecule has 0 fully saturated rings. The third-order valence-electron chi connectivity index (χ3n) is 3.51. The second kappa shape index (κ2) is 7.45. The van der Waals surface area contributed by atoms with Gasteiger partial charge in [-0.2, -0.15) is 0 Å². The van der Waals surface area contributed by atoms with E-state index in [2.05, 4.69) is 17.2 Å². The number of hydrogen-bond donors (Lipinski definition) is 1. The summed E-state index contributed by atoms with van der Waals surface area (Å²) < 4.78 is 1.76. The molecule has 118 valence electrons. The maximum absolute atomic E-state index is 12.7. The monoisotopic (exact) mass is 319 g/mol. The van der Waals surface area contributed by atoms with E-state index in [9.17, 15) is 9.59 Å². The number of carbonyl (C=O) groups excluding carboxylic acids is 1. The smallest absolute Gasteiger partial charge is 0.262 e. The molecule has 0 aliphatic carbocycles. The van der Waals surface area contributed by atoms with E-state index in [1.54, 1.807) is 4.57 Å². The summed E-state index contributed by atoms with van der Waals surface area (Å²) in [4.78, 5) is 28.3. The van der Waals surface area contributed by atoms with Gasteiger partial charge in [-0.3, -0.25) is 14.2 Å². The molecule has 0 spiro atoms. The Kier molecular flexibility index (Phi) is 5.60. The molecular weight excluding hydrogens is 298 g/mol. The highest BCUT2D eigenvalue weighted by atomic mass is 32.2. The first-order chi connectivity index (χ1) is 10.5. The van der Waals surface area contributed by atoms with Crippen LogP contribution in [0.25, 0.3) is 10.9 Å². The first kappa shape index (κ1) is 16.5. The van der Waals surface area contributed by atoms with Crippen LogP contribution in [0.5, 0.6) is 0 Å². The van der Waals surface area contributed by atoms with Gasteiger partial charge in [0.2, 0.25) is 5.91 Å². The maximum atomic E-state index is 12.7. The van der Waals surface area contributed by atoms with Gasteiger partial charge in [0.1, 0.15) is 0 Å². The molecule has 6 heteroatoms. The number of benzene rings is 1. The summed E-state index contributed by atoms with van der Waals surface area (Å²) in [6, 6.07) is 7.50. The van der Waals surface area contributed by atoms with Crippen molar-refractivity contribution in [2.24, 2.45) is 0 Å². The Balaban J connectivity index is 2.37. The van der Waals surface area contributed by atoms with Crippen LogP contribution in [0.15, 0.2) is 34.2 Å². The second-order valence-corrected chi connectivity index (χ2v) is 6.24. The highest BCUT2D eigenvalue weighted by Crippen LogP contribution is 2.21. The zero-order valence-electron chi connectivity index (χ0n) is 13.1. The summed E-state index contributed by atoms with van der Waals surface area (Å²) in [6.45, 7) is 6.13. The van der Waals surface area contributed by atoms with Crippen LogP contribution in [0.4, 0.5) is 0 Å². The number of aromatic nitrogens is 2. The van der Waals surface area contributed by atoms with E-state index in [4.69, 9.17) is 0 Å². The average molecular weight is 319 g/mol. The predicted octanol–water partition coefficient (Wildman–Crippen LogP) is 2.60. The summed E-state index contributed by atoms with van der Waals surface area (Å²) in [5, 5.41) is 4.11. The first-order valence-electron chi connectivity index (χ1n) is 7.43. The Morgan fingerprint density at radius 1 is 1.41 bits per heavy atom. The number of thioether (sulfide) groups is 1. The van der Waals surface area contributed by atoms with Gasteiger partial charge in [-0.05, 0) is 25.5 Å². The zero-order valence-corrected chi connectivity index (χ0v) is 13.9. The molecule has 1 N–H and O–H groups in total. The van der Waals surface area contributed by atoms with E-state index in [0.29, 0.717) is 28.4 Å². The molecule has 0 aliphatic heterocycles. The Hall–Kier alpha value is -1.82. The van der Waals surface area contributed by atoms with Crippen molar-refractivity contribution < 1.29 is 4.79 Å². The first-order valence-corrected chi connectivity index (χ1v) is 8.41. The van der Waals surface area contributed by atoms with Crippen LogP contribution in [0.1, 0.15) is 33.2 Å². The van der Waals surface area contributed by atoms with Crippen molar-refractivity contribution in [3.05, 3.63) is 34.6 Å². The summed E-state index contributed by atoms with van der Waals surface area (Å²) in [5.74, 6) is 0.632. The van der Waals surface area contributed by atoms with Crippen LogP contribution < -0.4 is 10.9 Å². The van der Waals surface area contributed by atoms with Crippen LogP contribution in [0.2, 0.25) is 0 Å². The van der Waals surface area contributed by atoms with Crippen molar-refractivity contribution in [1.82, 2.24) is 14.9 Å². The quantitative estimate of drug-likeness (QED) is 0.505. The maximum Gasteiger partial charge on any atom is 0.262 e. The normalized spacial score (nSPS) is 12.3. The number of fused-ring (bicyclic) bond motifs is 1. The summed E-state index contributed by atoms with van der Waals surface area (Å²) >= 11 is 1.50. The minimum atomic E-state index is -0.0496. The fourth-order valence-corrected chi connectivity index (χ4v) is 3.12. The third-order valence-corrected chi connectivity index (χ3v) is 4.47. The molecule has 0 saturated heterocycles. The molecule has 0 unspecified atom stereocenters. The molecular formula is C16H21N3O2S. The Labute approximate surface area is 134 Å². The lowest BCUT2D eigenvalue weighted by Gasteiger charge is -2.18. The van der Waals surface area contributed by atoms with Gasteiger partial charge in [0.05, 0.1) is 10.9 Å². The van der Waals surface area contributed by atoms with Gasteiger partial charge in [0.15, 0.2) is 5.16 Å². The van der Waals surface area contributed by atoms with E-state index in [-0.39, 0.29) is 17.5 Å². The number of nitrogens with one attached hydrogen (secondary N) is 1. The number of amides is 1. The van der Waals surface area contributed by atoms with Crippen molar-refractivity contribution in [2.45, 2.75) is 38.4 Å². The van der Waals surface area contributed by atoms with Crippen LogP contribution >= 0.6 is 11.8 Å². The van der Waals surface area contributed by atoms with Crippen LogP contribution in [-0.2, 0) is 4.79 Å². The fourth-order valence-electron chi connectivity index (χ4n) is 2.17. The van der Waals surface area contributed by atoms with Crippen molar-refractivity contribution in [2.75, 3.05) is 12.3 Å². The van der Waals surface area contributed by atoms with Crippen molar-refractivity contribution >= 4 is 28.6 Å². The summed E-state index contributed by atoms with van der Waals surface area (Å²) in [7, 11) is 0. The zero-order chi connectivity index (χ0) is 16.1. The van der Waals surface area contributed by atoms with Gasteiger partial charge in [-0.15, -0.1) is 0 Å². The van der Waals surface area contributed by atoms with Crippen LogP contribution in [0, 0.1) is 0 Å². The molecule has 1 atom stereocenters. The number of carbonyl (C=O) groups is 1. The van der Waals surface area contributed by atoms with Gasteiger partial charge >= 0.3 is 0 Å². The third kappa shape index (κ3) is 3.68. The lowest BCUT2D eigenvalue weighted by atomic mass is 10.2. The van der Waals surface area contributed by atoms with Crippen LogP contribution in [0.3, 0.4) is 0 Å². The predicted molar refractivity (Wildman–Crippen MR) is 90.4 cm³/mol. The summed E-state index contributed by atoms with van der Waals surface area (Å²) in [6.07, 6.45) is 0.860.